The van der Waals surface area contributed by atoms with Gasteiger partial charge in [0.1, 0.15) is 5.50 Å². The second-order valence-corrected chi connectivity index (χ2v) is 5.00. The molecule has 1 atom stereocenters. The standard InChI is InChI=1S/C11H7BrCl2FN/c12-7-4-5-10(14)16(6-7)9-3-1-2-8(13)11(9)15/h1-6,10H. The fourth-order valence-corrected chi connectivity index (χ4v) is 2.18. The molecule has 1 aliphatic heterocycles. The maximum atomic E-state index is 13.8. The van der Waals surface area contributed by atoms with E-state index in [9.17, 15) is 4.39 Å². The van der Waals surface area contributed by atoms with Gasteiger partial charge in [0, 0.05) is 10.7 Å². The van der Waals surface area contributed by atoms with Crippen LogP contribution in [0.1, 0.15) is 0 Å². The van der Waals surface area contributed by atoms with Crippen molar-refractivity contribution in [3.63, 3.8) is 0 Å². The van der Waals surface area contributed by atoms with E-state index < -0.39 is 11.3 Å². The third-order valence-corrected chi connectivity index (χ3v) is 3.27. The fraction of sp³-hybridized carbons (Fsp3) is 0.0909. The van der Waals surface area contributed by atoms with Crippen LogP contribution in [0.5, 0.6) is 0 Å². The minimum absolute atomic E-state index is 0.0837. The van der Waals surface area contributed by atoms with E-state index in [1.54, 1.807) is 29.3 Å². The Kier molecular flexibility index (Phi) is 3.57. The van der Waals surface area contributed by atoms with Gasteiger partial charge in [-0.1, -0.05) is 29.3 Å². The molecule has 16 heavy (non-hydrogen) atoms. The van der Waals surface area contributed by atoms with E-state index in [1.165, 1.54) is 6.07 Å². The van der Waals surface area contributed by atoms with E-state index in [-0.39, 0.29) is 5.02 Å². The summed E-state index contributed by atoms with van der Waals surface area (Å²) in [5, 5.41) is 0.0837. The lowest BCUT2D eigenvalue weighted by Crippen LogP contribution is -2.26. The highest BCUT2D eigenvalue weighted by atomic mass is 79.9. The molecule has 0 spiro atoms. The number of alkyl halides is 1. The van der Waals surface area contributed by atoms with Gasteiger partial charge in [0.05, 0.1) is 10.7 Å². The number of allylic oxidation sites excluding steroid dienone is 2. The van der Waals surface area contributed by atoms with Crippen LogP contribution in [0.2, 0.25) is 5.02 Å². The molecule has 5 heteroatoms. The predicted molar refractivity (Wildman–Crippen MR) is 69.7 cm³/mol. The zero-order valence-corrected chi connectivity index (χ0v) is 11.1. The normalized spacial score (nSPS) is 19.9. The van der Waals surface area contributed by atoms with Crippen molar-refractivity contribution < 1.29 is 4.39 Å². The summed E-state index contributed by atoms with van der Waals surface area (Å²) in [5.74, 6) is -0.471. The summed E-state index contributed by atoms with van der Waals surface area (Å²) >= 11 is 15.1. The highest BCUT2D eigenvalue weighted by Crippen LogP contribution is 2.31. The Bertz CT molecular complexity index is 473. The van der Waals surface area contributed by atoms with Crippen LogP contribution in [0.25, 0.3) is 0 Å². The summed E-state index contributed by atoms with van der Waals surface area (Å²) in [6.07, 6.45) is 5.29. The smallest absolute Gasteiger partial charge is 0.165 e. The van der Waals surface area contributed by atoms with Crippen molar-refractivity contribution >= 4 is 44.8 Å². The molecule has 0 aromatic heterocycles. The first kappa shape index (κ1) is 12.0. The Hall–Kier alpha value is -0.510. The highest BCUT2D eigenvalue weighted by molar-refractivity contribution is 9.11. The summed E-state index contributed by atoms with van der Waals surface area (Å²) in [6.45, 7) is 0. The highest BCUT2D eigenvalue weighted by Gasteiger charge is 2.19. The molecule has 0 N–H and O–H groups in total. The SMILES string of the molecule is Fc1c(Cl)cccc1N1C=C(Br)C=CC1Cl. The molecule has 2 rings (SSSR count). The summed E-state index contributed by atoms with van der Waals surface area (Å²) in [4.78, 5) is 1.60. The molecule has 1 aliphatic rings. The Balaban J connectivity index is 2.44. The number of anilines is 1. The average Bonchev–Trinajstić information content (AvgIpc) is 2.26. The first-order chi connectivity index (χ1) is 7.59. The molecule has 1 heterocycles. The fourth-order valence-electron chi connectivity index (χ4n) is 1.41. The number of benzene rings is 1. The van der Waals surface area contributed by atoms with Crippen LogP contribution in [0.15, 0.2) is 41.0 Å². The van der Waals surface area contributed by atoms with Crippen molar-refractivity contribution in [2.75, 3.05) is 4.90 Å². The summed E-state index contributed by atoms with van der Waals surface area (Å²) in [5.41, 5.74) is -0.0666. The first-order valence-electron chi connectivity index (χ1n) is 4.51. The van der Waals surface area contributed by atoms with Gasteiger partial charge in [0.15, 0.2) is 5.82 Å². The summed E-state index contributed by atoms with van der Waals surface area (Å²) in [7, 11) is 0. The third kappa shape index (κ3) is 2.26. The molecular weight excluding hydrogens is 316 g/mol. The van der Waals surface area contributed by atoms with Gasteiger partial charge in [0.25, 0.3) is 0 Å². The van der Waals surface area contributed by atoms with Gasteiger partial charge in [-0.3, -0.25) is 0 Å². The van der Waals surface area contributed by atoms with Crippen LogP contribution in [-0.4, -0.2) is 5.50 Å². The summed E-state index contributed by atoms with van der Waals surface area (Å²) < 4.78 is 14.6. The zero-order chi connectivity index (χ0) is 11.7. The molecule has 1 aromatic carbocycles. The molecule has 0 amide bonds. The van der Waals surface area contributed by atoms with Gasteiger partial charge >= 0.3 is 0 Å². The number of hydrogen-bond donors (Lipinski definition) is 0. The van der Waals surface area contributed by atoms with Crippen molar-refractivity contribution in [3.05, 3.63) is 51.9 Å². The van der Waals surface area contributed by atoms with E-state index in [1.807, 2.05) is 6.08 Å². The third-order valence-electron chi connectivity index (χ3n) is 2.15. The van der Waals surface area contributed by atoms with Crippen LogP contribution in [-0.2, 0) is 0 Å². The number of nitrogens with zero attached hydrogens (tertiary/aromatic N) is 1. The molecule has 0 aliphatic carbocycles. The maximum Gasteiger partial charge on any atom is 0.165 e. The van der Waals surface area contributed by atoms with Gasteiger partial charge in [-0.05, 0) is 40.2 Å². The Morgan fingerprint density at radius 1 is 1.38 bits per heavy atom. The molecule has 1 unspecified atom stereocenters. The van der Waals surface area contributed by atoms with E-state index >= 15 is 0 Å². The molecule has 84 valence electrons. The van der Waals surface area contributed by atoms with Crippen LogP contribution in [0.3, 0.4) is 0 Å². The minimum Gasteiger partial charge on any atom is -0.324 e. The number of rotatable bonds is 1. The lowest BCUT2D eigenvalue weighted by atomic mass is 10.2. The van der Waals surface area contributed by atoms with Crippen LogP contribution in [0, 0.1) is 5.82 Å². The second kappa shape index (κ2) is 4.78. The molecule has 0 radical (unpaired) electrons. The Morgan fingerprint density at radius 2 is 2.12 bits per heavy atom. The van der Waals surface area contributed by atoms with E-state index in [4.69, 9.17) is 23.2 Å². The minimum atomic E-state index is -0.471. The zero-order valence-electron chi connectivity index (χ0n) is 8.00. The van der Waals surface area contributed by atoms with Crippen molar-refractivity contribution in [3.8, 4) is 0 Å². The molecular formula is C11H7BrCl2FN. The van der Waals surface area contributed by atoms with E-state index in [0.29, 0.717) is 5.69 Å². The van der Waals surface area contributed by atoms with Crippen LogP contribution >= 0.6 is 39.1 Å². The van der Waals surface area contributed by atoms with Crippen LogP contribution < -0.4 is 4.90 Å². The largest absolute Gasteiger partial charge is 0.324 e. The van der Waals surface area contributed by atoms with Crippen molar-refractivity contribution in [1.29, 1.82) is 0 Å². The van der Waals surface area contributed by atoms with Crippen molar-refractivity contribution in [2.24, 2.45) is 0 Å². The number of halogens is 4. The van der Waals surface area contributed by atoms with Crippen LogP contribution in [0.4, 0.5) is 10.1 Å². The lowest BCUT2D eigenvalue weighted by molar-refractivity contribution is 0.625. The molecule has 0 bridgehead atoms. The van der Waals surface area contributed by atoms with E-state index in [0.717, 1.165) is 4.48 Å². The molecule has 1 aromatic rings. The van der Waals surface area contributed by atoms with Gasteiger partial charge in [-0.25, -0.2) is 4.39 Å². The van der Waals surface area contributed by atoms with Gasteiger partial charge < -0.3 is 4.90 Å². The average molecular weight is 323 g/mol. The quantitative estimate of drug-likeness (QED) is 0.537. The number of hydrogen-bond acceptors (Lipinski definition) is 1. The lowest BCUT2D eigenvalue weighted by Gasteiger charge is -2.27. The second-order valence-electron chi connectivity index (χ2n) is 3.23. The van der Waals surface area contributed by atoms with Gasteiger partial charge in [0.2, 0.25) is 0 Å². The molecule has 0 saturated heterocycles. The van der Waals surface area contributed by atoms with E-state index in [2.05, 4.69) is 15.9 Å². The topological polar surface area (TPSA) is 3.24 Å². The predicted octanol–water partition coefficient (Wildman–Crippen LogP) is 4.66. The molecule has 0 fully saturated rings. The van der Waals surface area contributed by atoms with Gasteiger partial charge in [-0.15, -0.1) is 0 Å². The van der Waals surface area contributed by atoms with Gasteiger partial charge in [-0.2, -0.15) is 0 Å². The monoisotopic (exact) mass is 321 g/mol. The first-order valence-corrected chi connectivity index (χ1v) is 6.12. The molecule has 1 nitrogen and oxygen atoms in total. The molecule has 0 saturated carbocycles. The maximum absolute atomic E-state index is 13.8. The Morgan fingerprint density at radius 3 is 2.88 bits per heavy atom. The summed E-state index contributed by atoms with van der Waals surface area (Å²) in [6, 6.07) is 4.82. The Labute approximate surface area is 111 Å². The van der Waals surface area contributed by atoms with Crippen molar-refractivity contribution in [2.45, 2.75) is 5.50 Å². The van der Waals surface area contributed by atoms with Crippen molar-refractivity contribution in [1.82, 2.24) is 0 Å².